The maximum Gasteiger partial charge on any atom is 0.242 e. The van der Waals surface area contributed by atoms with Crippen molar-refractivity contribution >= 4 is 11.8 Å². The summed E-state index contributed by atoms with van der Waals surface area (Å²) < 4.78 is 15.8. The van der Waals surface area contributed by atoms with E-state index in [-0.39, 0.29) is 18.2 Å². The summed E-state index contributed by atoms with van der Waals surface area (Å²) in [4.78, 5) is 27.4. The van der Waals surface area contributed by atoms with Crippen LogP contribution in [0.5, 0.6) is 17.2 Å². The summed E-state index contributed by atoms with van der Waals surface area (Å²) in [6, 6.07) is 12.1. The number of carbonyl (C=O) groups is 2. The van der Waals surface area contributed by atoms with Crippen molar-refractivity contribution in [2.24, 2.45) is 0 Å². The monoisotopic (exact) mass is 426 g/mol. The number of hydrogen-bond acceptors (Lipinski definition) is 5. The van der Waals surface area contributed by atoms with Crippen molar-refractivity contribution in [3.05, 3.63) is 66.2 Å². The van der Waals surface area contributed by atoms with Crippen molar-refractivity contribution in [2.75, 3.05) is 27.9 Å². The first-order valence-corrected chi connectivity index (χ1v) is 9.95. The molecule has 0 fully saturated rings. The van der Waals surface area contributed by atoms with Gasteiger partial charge in [0.2, 0.25) is 11.8 Å². The molecule has 2 amide bonds. The minimum atomic E-state index is -0.658. The Morgan fingerprint density at radius 2 is 1.65 bits per heavy atom. The van der Waals surface area contributed by atoms with E-state index in [2.05, 4.69) is 11.9 Å². The Morgan fingerprint density at radius 1 is 1.00 bits per heavy atom. The molecule has 166 valence electrons. The molecule has 1 atom stereocenters. The van der Waals surface area contributed by atoms with Crippen molar-refractivity contribution in [3.63, 3.8) is 0 Å². The van der Waals surface area contributed by atoms with Gasteiger partial charge in [0.15, 0.2) is 11.5 Å². The molecule has 2 aromatic carbocycles. The van der Waals surface area contributed by atoms with Gasteiger partial charge in [0.25, 0.3) is 0 Å². The molecule has 0 aliphatic heterocycles. The zero-order valence-electron chi connectivity index (χ0n) is 18.5. The van der Waals surface area contributed by atoms with Gasteiger partial charge in [0, 0.05) is 13.1 Å². The van der Waals surface area contributed by atoms with E-state index in [0.717, 1.165) is 16.9 Å². The second kappa shape index (κ2) is 11.6. The Balaban J connectivity index is 2.25. The van der Waals surface area contributed by atoms with E-state index >= 15 is 0 Å². The number of hydrogen-bond donors (Lipinski definition) is 1. The number of nitrogens with zero attached hydrogens (tertiary/aromatic N) is 1. The maximum atomic E-state index is 13.2. The van der Waals surface area contributed by atoms with Gasteiger partial charge in [0.05, 0.1) is 27.8 Å². The number of benzene rings is 2. The molecule has 0 saturated carbocycles. The molecule has 1 N–H and O–H groups in total. The fourth-order valence-corrected chi connectivity index (χ4v) is 3.10. The largest absolute Gasteiger partial charge is 0.497 e. The van der Waals surface area contributed by atoms with Crippen LogP contribution >= 0.6 is 0 Å². The molecule has 0 bridgehead atoms. The highest BCUT2D eigenvalue weighted by molar-refractivity contribution is 5.88. The number of methoxy groups -OCH3 is 3. The van der Waals surface area contributed by atoms with E-state index in [0.29, 0.717) is 24.6 Å². The van der Waals surface area contributed by atoms with Crippen LogP contribution in [0.1, 0.15) is 18.1 Å². The average molecular weight is 427 g/mol. The number of amides is 2. The van der Waals surface area contributed by atoms with Gasteiger partial charge >= 0.3 is 0 Å². The summed E-state index contributed by atoms with van der Waals surface area (Å²) in [6.07, 6.45) is 1.72. The summed E-state index contributed by atoms with van der Waals surface area (Å²) in [5, 5.41) is 2.76. The molecule has 2 rings (SSSR count). The van der Waals surface area contributed by atoms with Crippen molar-refractivity contribution < 1.29 is 23.8 Å². The lowest BCUT2D eigenvalue weighted by Gasteiger charge is -2.29. The van der Waals surface area contributed by atoms with E-state index < -0.39 is 6.04 Å². The van der Waals surface area contributed by atoms with Crippen LogP contribution in [-0.2, 0) is 22.6 Å². The van der Waals surface area contributed by atoms with Gasteiger partial charge in [-0.1, -0.05) is 24.3 Å². The van der Waals surface area contributed by atoms with Gasteiger partial charge in [-0.2, -0.15) is 0 Å². The van der Waals surface area contributed by atoms with Crippen molar-refractivity contribution in [2.45, 2.75) is 25.9 Å². The minimum Gasteiger partial charge on any atom is -0.497 e. The summed E-state index contributed by atoms with van der Waals surface area (Å²) >= 11 is 0. The van der Waals surface area contributed by atoms with Crippen LogP contribution in [0.4, 0.5) is 0 Å². The Kier molecular flexibility index (Phi) is 8.94. The van der Waals surface area contributed by atoms with Crippen LogP contribution in [-0.4, -0.2) is 50.6 Å². The van der Waals surface area contributed by atoms with Gasteiger partial charge in [-0.15, -0.1) is 6.58 Å². The van der Waals surface area contributed by atoms with Crippen LogP contribution in [0.25, 0.3) is 0 Å². The second-order valence-corrected chi connectivity index (χ2v) is 6.95. The van der Waals surface area contributed by atoms with Crippen LogP contribution in [0.15, 0.2) is 55.1 Å². The molecule has 0 radical (unpaired) electrons. The van der Waals surface area contributed by atoms with Crippen molar-refractivity contribution in [3.8, 4) is 17.2 Å². The summed E-state index contributed by atoms with van der Waals surface area (Å²) in [5.41, 5.74) is 1.66. The molecule has 2 aromatic rings. The van der Waals surface area contributed by atoms with E-state index in [1.807, 2.05) is 30.3 Å². The minimum absolute atomic E-state index is 0.121. The van der Waals surface area contributed by atoms with Gasteiger partial charge < -0.3 is 24.4 Å². The summed E-state index contributed by atoms with van der Waals surface area (Å²) in [5.74, 6) is 1.44. The van der Waals surface area contributed by atoms with Gasteiger partial charge in [-0.05, 0) is 42.3 Å². The first kappa shape index (κ1) is 23.8. The van der Waals surface area contributed by atoms with Crippen molar-refractivity contribution in [1.82, 2.24) is 10.2 Å². The number of carbonyl (C=O) groups excluding carboxylic acids is 2. The Hall–Kier alpha value is -3.48. The van der Waals surface area contributed by atoms with E-state index in [1.165, 1.54) is 0 Å². The normalized spacial score (nSPS) is 11.2. The van der Waals surface area contributed by atoms with Crippen LogP contribution in [0.2, 0.25) is 0 Å². The fraction of sp³-hybridized carbons (Fsp3) is 0.333. The zero-order chi connectivity index (χ0) is 22.8. The molecule has 7 nitrogen and oxygen atoms in total. The fourth-order valence-electron chi connectivity index (χ4n) is 3.10. The van der Waals surface area contributed by atoms with E-state index in [9.17, 15) is 9.59 Å². The highest BCUT2D eigenvalue weighted by Crippen LogP contribution is 2.28. The average Bonchev–Trinajstić information content (AvgIpc) is 2.80. The Labute approximate surface area is 183 Å². The van der Waals surface area contributed by atoms with E-state index in [4.69, 9.17) is 14.2 Å². The maximum absolute atomic E-state index is 13.2. The molecule has 0 heterocycles. The predicted octanol–water partition coefficient (Wildman–Crippen LogP) is 2.97. The van der Waals surface area contributed by atoms with E-state index in [1.54, 1.807) is 51.4 Å². The predicted molar refractivity (Wildman–Crippen MR) is 119 cm³/mol. The molecule has 7 heteroatoms. The standard InChI is InChI=1S/C24H30N2O5/c1-6-13-25-24(28)17(2)26(16-18-7-10-20(29-3)11-8-18)23(27)15-19-9-12-21(30-4)22(14-19)31-5/h6-12,14,17H,1,13,15-16H2,2-5H3,(H,25,28)/t17-/m0/s1. The number of nitrogens with one attached hydrogen (secondary N) is 1. The highest BCUT2D eigenvalue weighted by atomic mass is 16.5. The number of rotatable bonds is 11. The molecule has 0 aliphatic rings. The smallest absolute Gasteiger partial charge is 0.242 e. The third-order valence-electron chi connectivity index (χ3n) is 4.90. The third-order valence-corrected chi connectivity index (χ3v) is 4.90. The lowest BCUT2D eigenvalue weighted by molar-refractivity contribution is -0.140. The molecule has 31 heavy (non-hydrogen) atoms. The number of ether oxygens (including phenoxy) is 3. The van der Waals surface area contributed by atoms with Crippen molar-refractivity contribution in [1.29, 1.82) is 0 Å². The quantitative estimate of drug-likeness (QED) is 0.559. The topological polar surface area (TPSA) is 77.1 Å². The molecular formula is C24H30N2O5. The van der Waals surface area contributed by atoms with Gasteiger partial charge in [0.1, 0.15) is 11.8 Å². The third kappa shape index (κ3) is 6.50. The second-order valence-electron chi connectivity index (χ2n) is 6.95. The van der Waals surface area contributed by atoms with Crippen LogP contribution in [0, 0.1) is 0 Å². The summed E-state index contributed by atoms with van der Waals surface area (Å²) in [7, 11) is 4.70. The molecule has 0 saturated heterocycles. The van der Waals surface area contributed by atoms with Gasteiger partial charge in [-0.25, -0.2) is 0 Å². The molecule has 0 aliphatic carbocycles. The molecule has 0 spiro atoms. The molecule has 0 aromatic heterocycles. The summed E-state index contributed by atoms with van der Waals surface area (Å²) in [6.45, 7) is 5.96. The first-order valence-electron chi connectivity index (χ1n) is 9.95. The first-order chi connectivity index (χ1) is 14.9. The SMILES string of the molecule is C=CCNC(=O)[C@H](C)N(Cc1ccc(OC)cc1)C(=O)Cc1ccc(OC)c(OC)c1. The molecular weight excluding hydrogens is 396 g/mol. The lowest BCUT2D eigenvalue weighted by Crippen LogP contribution is -2.48. The van der Waals surface area contributed by atoms with Crippen LogP contribution < -0.4 is 19.5 Å². The van der Waals surface area contributed by atoms with Gasteiger partial charge in [-0.3, -0.25) is 9.59 Å². The Bertz CT molecular complexity index is 895. The lowest BCUT2D eigenvalue weighted by atomic mass is 10.1. The van der Waals surface area contributed by atoms with Crippen LogP contribution in [0.3, 0.4) is 0 Å². The zero-order valence-corrected chi connectivity index (χ0v) is 18.5. The highest BCUT2D eigenvalue weighted by Gasteiger charge is 2.26. The molecule has 0 unspecified atom stereocenters. The Morgan fingerprint density at radius 3 is 2.23 bits per heavy atom.